The van der Waals surface area contributed by atoms with Crippen LogP contribution < -0.4 is 0 Å². The van der Waals surface area contributed by atoms with E-state index in [0.29, 0.717) is 5.92 Å². The average Bonchev–Trinajstić information content (AvgIpc) is 2.16. The topological polar surface area (TPSA) is 19.9 Å². The van der Waals surface area contributed by atoms with Crippen LogP contribution in [0.5, 0.6) is 0 Å². The van der Waals surface area contributed by atoms with Gasteiger partial charge in [-0.3, -0.25) is 0 Å². The minimum atomic E-state index is -0.380. The van der Waals surface area contributed by atoms with Crippen LogP contribution >= 0.6 is 0 Å². The molecular weight excluding hydrogens is 172 g/mol. The molecule has 85 valence electrons. The Kier molecular flexibility index (Phi) is 9.49. The van der Waals surface area contributed by atoms with Crippen LogP contribution in [0.25, 0.3) is 0 Å². The van der Waals surface area contributed by atoms with Gasteiger partial charge in [0.15, 0.2) is 0 Å². The van der Waals surface area contributed by atoms with Gasteiger partial charge in [0.1, 0.15) is 0 Å². The van der Waals surface area contributed by atoms with Crippen LogP contribution in [0.1, 0.15) is 72.1 Å². The van der Waals surface area contributed by atoms with Crippen LogP contribution in [0, 0.1) is 5.92 Å². The lowest BCUT2D eigenvalue weighted by atomic mass is 9.98. The molecule has 0 rings (SSSR count). The normalized spacial score (nSPS) is 15.4. The van der Waals surface area contributed by atoms with Crippen LogP contribution in [-0.2, 0) is 5.11 Å². The highest BCUT2D eigenvalue weighted by molar-refractivity contribution is 4.58. The van der Waals surface area contributed by atoms with Gasteiger partial charge in [0, 0.05) is 0 Å². The summed E-state index contributed by atoms with van der Waals surface area (Å²) in [5.41, 5.74) is 0. The van der Waals surface area contributed by atoms with Gasteiger partial charge in [0.25, 0.3) is 0 Å². The zero-order valence-corrected chi connectivity index (χ0v) is 10.2. The summed E-state index contributed by atoms with van der Waals surface area (Å²) >= 11 is 0. The highest BCUT2D eigenvalue weighted by Gasteiger charge is 2.08. The first kappa shape index (κ1) is 14.0. The fourth-order valence-electron chi connectivity index (χ4n) is 1.66. The largest absolute Gasteiger partial charge is 0.233 e. The standard InChI is InChI=1S/C13H27O/c1-4-5-6-7-8-9-10-11-12(2)13(3)14/h12-13H,4-11H2,1-3H3. The van der Waals surface area contributed by atoms with E-state index in [1.807, 2.05) is 0 Å². The second kappa shape index (κ2) is 9.51. The van der Waals surface area contributed by atoms with Gasteiger partial charge in [-0.1, -0.05) is 58.8 Å². The average molecular weight is 199 g/mol. The van der Waals surface area contributed by atoms with Crippen molar-refractivity contribution in [3.8, 4) is 0 Å². The third-order valence-corrected chi connectivity index (χ3v) is 3.06. The molecule has 1 heteroatoms. The first-order valence-electron chi connectivity index (χ1n) is 6.34. The fraction of sp³-hybridized carbons (Fsp3) is 1.00. The van der Waals surface area contributed by atoms with E-state index in [4.69, 9.17) is 0 Å². The van der Waals surface area contributed by atoms with E-state index in [-0.39, 0.29) is 6.10 Å². The van der Waals surface area contributed by atoms with Crippen molar-refractivity contribution in [3.05, 3.63) is 0 Å². The molecule has 0 spiro atoms. The molecule has 0 aliphatic heterocycles. The van der Waals surface area contributed by atoms with E-state index in [1.54, 1.807) is 6.92 Å². The molecule has 14 heavy (non-hydrogen) atoms. The number of unbranched alkanes of at least 4 members (excludes halogenated alkanes) is 6. The summed E-state index contributed by atoms with van der Waals surface area (Å²) in [6.07, 6.45) is 10.2. The predicted octanol–water partition coefficient (Wildman–Crippen LogP) is 4.58. The van der Waals surface area contributed by atoms with Crippen molar-refractivity contribution in [2.45, 2.75) is 78.2 Å². The van der Waals surface area contributed by atoms with Crippen molar-refractivity contribution in [2.24, 2.45) is 5.92 Å². The lowest BCUT2D eigenvalue weighted by Gasteiger charge is -2.11. The summed E-state index contributed by atoms with van der Waals surface area (Å²) in [6.45, 7) is 6.11. The Morgan fingerprint density at radius 1 is 0.857 bits per heavy atom. The molecule has 2 unspecified atom stereocenters. The minimum absolute atomic E-state index is 0.366. The molecule has 1 radical (unpaired) electrons. The van der Waals surface area contributed by atoms with Crippen LogP contribution in [-0.4, -0.2) is 6.10 Å². The molecule has 0 aromatic rings. The third kappa shape index (κ3) is 8.55. The van der Waals surface area contributed by atoms with Gasteiger partial charge in [0.05, 0.1) is 6.10 Å². The molecule has 0 saturated carbocycles. The Hall–Kier alpha value is -0.0400. The van der Waals surface area contributed by atoms with Gasteiger partial charge in [-0.15, -0.1) is 0 Å². The van der Waals surface area contributed by atoms with Gasteiger partial charge in [-0.2, -0.15) is 0 Å². The quantitative estimate of drug-likeness (QED) is 0.484. The summed E-state index contributed by atoms with van der Waals surface area (Å²) in [6, 6.07) is 0. The molecule has 0 aromatic heterocycles. The van der Waals surface area contributed by atoms with Gasteiger partial charge in [-0.05, 0) is 19.3 Å². The van der Waals surface area contributed by atoms with Crippen molar-refractivity contribution < 1.29 is 5.11 Å². The predicted molar refractivity (Wildman–Crippen MR) is 61.9 cm³/mol. The Morgan fingerprint density at radius 3 is 1.86 bits per heavy atom. The Labute approximate surface area is 89.9 Å². The summed E-state index contributed by atoms with van der Waals surface area (Å²) < 4.78 is 0. The van der Waals surface area contributed by atoms with Crippen LogP contribution in [0.4, 0.5) is 0 Å². The monoisotopic (exact) mass is 199 g/mol. The fourth-order valence-corrected chi connectivity index (χ4v) is 1.66. The highest BCUT2D eigenvalue weighted by Crippen LogP contribution is 2.15. The summed E-state index contributed by atoms with van der Waals surface area (Å²) in [7, 11) is 0. The molecule has 2 atom stereocenters. The van der Waals surface area contributed by atoms with E-state index in [2.05, 4.69) is 13.8 Å². The van der Waals surface area contributed by atoms with Crippen molar-refractivity contribution in [1.82, 2.24) is 0 Å². The summed E-state index contributed by atoms with van der Waals surface area (Å²) in [5, 5.41) is 11.0. The third-order valence-electron chi connectivity index (χ3n) is 3.06. The zero-order valence-electron chi connectivity index (χ0n) is 10.2. The lowest BCUT2D eigenvalue weighted by molar-refractivity contribution is 0.0546. The van der Waals surface area contributed by atoms with E-state index in [1.165, 1.54) is 44.9 Å². The van der Waals surface area contributed by atoms with Gasteiger partial charge in [-0.25, -0.2) is 5.11 Å². The second-order valence-electron chi connectivity index (χ2n) is 4.59. The van der Waals surface area contributed by atoms with Crippen LogP contribution in [0.2, 0.25) is 0 Å². The van der Waals surface area contributed by atoms with Gasteiger partial charge >= 0.3 is 0 Å². The Balaban J connectivity index is 3.06. The number of hydrogen-bond acceptors (Lipinski definition) is 0. The SMILES string of the molecule is CCCCCCCCCC(C)C(C)[O]. The smallest absolute Gasteiger partial charge is 0.0927 e. The maximum absolute atomic E-state index is 11.0. The number of rotatable bonds is 9. The Morgan fingerprint density at radius 2 is 1.36 bits per heavy atom. The first-order valence-corrected chi connectivity index (χ1v) is 6.34. The Bertz CT molecular complexity index is 110. The van der Waals surface area contributed by atoms with Gasteiger partial charge < -0.3 is 0 Å². The molecule has 0 saturated heterocycles. The molecule has 0 aliphatic rings. The molecule has 0 amide bonds. The molecule has 0 aliphatic carbocycles. The van der Waals surface area contributed by atoms with Gasteiger partial charge in [0.2, 0.25) is 0 Å². The summed E-state index contributed by atoms with van der Waals surface area (Å²) in [4.78, 5) is 0. The maximum Gasteiger partial charge on any atom is 0.0927 e. The second-order valence-corrected chi connectivity index (χ2v) is 4.59. The van der Waals surface area contributed by atoms with E-state index in [9.17, 15) is 5.11 Å². The molecule has 0 fully saturated rings. The molecule has 0 bridgehead atoms. The van der Waals surface area contributed by atoms with E-state index < -0.39 is 0 Å². The molecule has 0 N–H and O–H groups in total. The van der Waals surface area contributed by atoms with Crippen molar-refractivity contribution in [3.63, 3.8) is 0 Å². The molecular formula is C13H27O. The zero-order chi connectivity index (χ0) is 10.8. The minimum Gasteiger partial charge on any atom is -0.233 e. The van der Waals surface area contributed by atoms with Crippen molar-refractivity contribution in [2.75, 3.05) is 0 Å². The van der Waals surface area contributed by atoms with E-state index in [0.717, 1.165) is 6.42 Å². The van der Waals surface area contributed by atoms with Crippen LogP contribution in [0.15, 0.2) is 0 Å². The van der Waals surface area contributed by atoms with Crippen LogP contribution in [0.3, 0.4) is 0 Å². The maximum atomic E-state index is 11.0. The summed E-state index contributed by atoms with van der Waals surface area (Å²) in [5.74, 6) is 0.366. The first-order chi connectivity index (χ1) is 6.68. The lowest BCUT2D eigenvalue weighted by Crippen LogP contribution is -2.10. The van der Waals surface area contributed by atoms with Crippen molar-refractivity contribution >= 4 is 0 Å². The molecule has 0 aromatic carbocycles. The molecule has 0 heterocycles. The van der Waals surface area contributed by atoms with Crippen molar-refractivity contribution in [1.29, 1.82) is 0 Å². The van der Waals surface area contributed by atoms with E-state index >= 15 is 0 Å². The number of hydrogen-bond donors (Lipinski definition) is 0. The highest BCUT2D eigenvalue weighted by atomic mass is 16.3. The molecule has 1 nitrogen and oxygen atoms in total.